The van der Waals surface area contributed by atoms with E-state index in [1.54, 1.807) is 31.6 Å². The smallest absolute Gasteiger partial charge is 0.247 e. The number of aromatic nitrogens is 3. The van der Waals surface area contributed by atoms with Crippen LogP contribution >= 0.6 is 0 Å². The maximum atomic E-state index is 14.9. The Bertz CT molecular complexity index is 1470. The van der Waals surface area contributed by atoms with E-state index in [2.05, 4.69) is 37.0 Å². The molecule has 3 heterocycles. The molecule has 0 atom stereocenters. The molecule has 1 amide bonds. The summed E-state index contributed by atoms with van der Waals surface area (Å²) in [6.45, 7) is 8.92. The van der Waals surface area contributed by atoms with Crippen molar-refractivity contribution < 1.29 is 13.9 Å². The molecule has 1 saturated heterocycles. The van der Waals surface area contributed by atoms with E-state index >= 15 is 0 Å². The topological polar surface area (TPSA) is 95.5 Å². The van der Waals surface area contributed by atoms with Gasteiger partial charge in [0.25, 0.3) is 0 Å². The van der Waals surface area contributed by atoms with E-state index in [0.29, 0.717) is 28.3 Å². The Kier molecular flexibility index (Phi) is 8.04. The number of anilines is 4. The zero-order valence-corrected chi connectivity index (χ0v) is 21.7. The first kappa shape index (κ1) is 26.2. The molecule has 1 fully saturated rings. The summed E-state index contributed by atoms with van der Waals surface area (Å²) < 4.78 is 20.1. The molecule has 39 heavy (non-hydrogen) atoms. The van der Waals surface area contributed by atoms with Crippen molar-refractivity contribution in [1.82, 2.24) is 19.9 Å². The van der Waals surface area contributed by atoms with E-state index in [9.17, 15) is 9.18 Å². The third-order valence-corrected chi connectivity index (χ3v) is 6.63. The van der Waals surface area contributed by atoms with Crippen LogP contribution in [0.25, 0.3) is 22.0 Å². The lowest BCUT2D eigenvalue weighted by molar-refractivity contribution is -0.111. The Balaban J connectivity index is 1.34. The van der Waals surface area contributed by atoms with Crippen LogP contribution in [0.2, 0.25) is 0 Å². The summed E-state index contributed by atoms with van der Waals surface area (Å²) >= 11 is 0. The van der Waals surface area contributed by atoms with Crippen molar-refractivity contribution in [2.45, 2.75) is 0 Å². The van der Waals surface area contributed by atoms with Crippen LogP contribution in [-0.2, 0) is 9.53 Å². The second-order valence-electron chi connectivity index (χ2n) is 9.18. The van der Waals surface area contributed by atoms with Gasteiger partial charge >= 0.3 is 0 Å². The molecule has 1 aliphatic heterocycles. The molecule has 2 N–H and O–H groups in total. The van der Waals surface area contributed by atoms with Crippen LogP contribution in [0.5, 0.6) is 0 Å². The van der Waals surface area contributed by atoms with Crippen LogP contribution in [0.4, 0.5) is 27.5 Å². The number of halogens is 1. The maximum Gasteiger partial charge on any atom is 0.247 e. The predicted molar refractivity (Wildman–Crippen MR) is 152 cm³/mol. The normalized spacial score (nSPS) is 13.8. The van der Waals surface area contributed by atoms with Crippen LogP contribution < -0.4 is 15.5 Å². The van der Waals surface area contributed by atoms with E-state index in [4.69, 9.17) is 9.72 Å². The Hall–Kier alpha value is -4.41. The maximum absolute atomic E-state index is 14.9. The van der Waals surface area contributed by atoms with E-state index in [0.717, 1.165) is 62.3 Å². The number of amides is 1. The van der Waals surface area contributed by atoms with Crippen LogP contribution in [0.15, 0.2) is 73.6 Å². The Morgan fingerprint density at radius 2 is 1.87 bits per heavy atom. The average Bonchev–Trinajstić information content (AvgIpc) is 2.97. The molecule has 4 aromatic rings. The molecule has 0 aliphatic carbocycles. The molecule has 200 valence electrons. The third kappa shape index (κ3) is 6.19. The highest BCUT2D eigenvalue weighted by Crippen LogP contribution is 2.32. The molecule has 0 saturated carbocycles. The van der Waals surface area contributed by atoms with Gasteiger partial charge in [-0.25, -0.2) is 19.3 Å². The summed E-state index contributed by atoms with van der Waals surface area (Å²) in [5.74, 6) is 0.495. The minimum absolute atomic E-state index is 0.320. The molecule has 5 rings (SSSR count). The van der Waals surface area contributed by atoms with Crippen LogP contribution in [-0.4, -0.2) is 72.2 Å². The molecule has 2 aromatic carbocycles. The van der Waals surface area contributed by atoms with Crippen LogP contribution in [0, 0.1) is 5.82 Å². The molecular weight excluding hydrogens is 497 g/mol. The average molecular weight is 528 g/mol. The van der Waals surface area contributed by atoms with E-state index < -0.39 is 5.82 Å². The molecule has 0 spiro atoms. The zero-order valence-electron chi connectivity index (χ0n) is 21.7. The molecule has 2 aromatic heterocycles. The number of ether oxygens (including phenoxy) is 1. The van der Waals surface area contributed by atoms with Crippen molar-refractivity contribution in [2.75, 3.05) is 62.0 Å². The van der Waals surface area contributed by atoms with Gasteiger partial charge in [-0.1, -0.05) is 24.8 Å². The number of rotatable bonds is 9. The lowest BCUT2D eigenvalue weighted by atomic mass is 10.0. The van der Waals surface area contributed by atoms with Gasteiger partial charge in [-0.3, -0.25) is 9.69 Å². The monoisotopic (exact) mass is 527 g/mol. The number of carbonyl (C=O) groups excluding carboxylic acids is 1. The molecular formula is C29H30FN7O2. The first-order valence-corrected chi connectivity index (χ1v) is 12.7. The fourth-order valence-electron chi connectivity index (χ4n) is 4.53. The highest BCUT2D eigenvalue weighted by Gasteiger charge is 2.18. The fraction of sp³-hybridized carbons (Fsp3) is 0.241. The number of pyridine rings is 1. The molecule has 0 radical (unpaired) electrons. The van der Waals surface area contributed by atoms with Crippen molar-refractivity contribution in [1.29, 1.82) is 0 Å². The Labute approximate surface area is 226 Å². The second kappa shape index (κ2) is 12.0. The number of methoxy groups -OCH3 is 1. The zero-order chi connectivity index (χ0) is 27.2. The van der Waals surface area contributed by atoms with Gasteiger partial charge in [-0.15, -0.1) is 0 Å². The van der Waals surface area contributed by atoms with Crippen molar-refractivity contribution in [3.63, 3.8) is 0 Å². The standard InChI is InChI=1S/C29H30FN7O2/c1-3-27(38)33-21-7-9-25(30)24(17-21)23-6-4-5-20-18-32-29(35-28(20)23)34-22-8-10-26(31-19-22)37-13-11-36(12-14-37)15-16-39-2/h3-10,17-19H,1,11-16H2,2H3,(H,33,38)(H,32,34,35). The first-order valence-electron chi connectivity index (χ1n) is 12.7. The number of fused-ring (bicyclic) bond motifs is 1. The molecule has 0 unspecified atom stereocenters. The Morgan fingerprint density at radius 3 is 2.62 bits per heavy atom. The summed E-state index contributed by atoms with van der Waals surface area (Å²) in [5.41, 5.74) is 2.69. The van der Waals surface area contributed by atoms with Gasteiger partial charge in [0, 0.05) is 68.2 Å². The first-order chi connectivity index (χ1) is 19.0. The second-order valence-corrected chi connectivity index (χ2v) is 9.18. The minimum Gasteiger partial charge on any atom is -0.383 e. The number of hydrogen-bond donors (Lipinski definition) is 2. The third-order valence-electron chi connectivity index (χ3n) is 6.63. The lowest BCUT2D eigenvalue weighted by Gasteiger charge is -2.35. The van der Waals surface area contributed by atoms with E-state index in [-0.39, 0.29) is 5.91 Å². The van der Waals surface area contributed by atoms with Gasteiger partial charge in [0.1, 0.15) is 11.6 Å². The number of benzene rings is 2. The van der Waals surface area contributed by atoms with Crippen LogP contribution in [0.1, 0.15) is 0 Å². The van der Waals surface area contributed by atoms with Gasteiger partial charge in [-0.05, 0) is 36.4 Å². The summed E-state index contributed by atoms with van der Waals surface area (Å²) in [6, 6.07) is 13.8. The van der Waals surface area contributed by atoms with Crippen molar-refractivity contribution in [2.24, 2.45) is 0 Å². The quantitative estimate of drug-likeness (QED) is 0.308. The summed E-state index contributed by atoms with van der Waals surface area (Å²) in [6.07, 6.45) is 4.62. The summed E-state index contributed by atoms with van der Waals surface area (Å²) in [4.78, 5) is 30.2. The van der Waals surface area contributed by atoms with Crippen molar-refractivity contribution in [3.8, 4) is 11.1 Å². The van der Waals surface area contributed by atoms with Crippen LogP contribution in [0.3, 0.4) is 0 Å². The van der Waals surface area contributed by atoms with Gasteiger partial charge in [-0.2, -0.15) is 0 Å². The van der Waals surface area contributed by atoms with E-state index in [1.807, 2.05) is 24.3 Å². The molecule has 9 nitrogen and oxygen atoms in total. The fourth-order valence-corrected chi connectivity index (χ4v) is 4.53. The largest absolute Gasteiger partial charge is 0.383 e. The van der Waals surface area contributed by atoms with E-state index in [1.165, 1.54) is 12.1 Å². The summed E-state index contributed by atoms with van der Waals surface area (Å²) in [5, 5.41) is 6.64. The number of hydrogen-bond acceptors (Lipinski definition) is 8. The highest BCUT2D eigenvalue weighted by atomic mass is 19.1. The van der Waals surface area contributed by atoms with Crippen molar-refractivity contribution in [3.05, 3.63) is 79.4 Å². The number of para-hydroxylation sites is 1. The minimum atomic E-state index is -0.424. The number of piperazine rings is 1. The Morgan fingerprint density at radius 1 is 1.05 bits per heavy atom. The highest BCUT2D eigenvalue weighted by molar-refractivity contribution is 6.00. The number of nitrogens with zero attached hydrogens (tertiary/aromatic N) is 5. The lowest BCUT2D eigenvalue weighted by Crippen LogP contribution is -2.47. The van der Waals surface area contributed by atoms with Gasteiger partial charge in [0.05, 0.1) is 24.0 Å². The molecule has 10 heteroatoms. The SMILES string of the molecule is C=CC(=O)Nc1ccc(F)c(-c2cccc3cnc(Nc4ccc(N5CCN(CCOC)CC5)nc4)nc23)c1. The number of nitrogens with one attached hydrogen (secondary N) is 2. The van der Waals surface area contributed by atoms with Crippen molar-refractivity contribution >= 4 is 40.0 Å². The molecule has 0 bridgehead atoms. The van der Waals surface area contributed by atoms with Gasteiger partial charge < -0.3 is 20.3 Å². The predicted octanol–water partition coefficient (Wildman–Crippen LogP) is 4.47. The summed E-state index contributed by atoms with van der Waals surface area (Å²) in [7, 11) is 1.73. The molecule has 1 aliphatic rings. The van der Waals surface area contributed by atoms with Gasteiger partial charge in [0.15, 0.2) is 0 Å². The number of carbonyl (C=O) groups is 1. The van der Waals surface area contributed by atoms with Gasteiger partial charge in [0.2, 0.25) is 11.9 Å².